The molecule has 1 aromatic carbocycles. The van der Waals surface area contributed by atoms with Crippen LogP contribution >= 0.6 is 0 Å². The Morgan fingerprint density at radius 1 is 1.27 bits per heavy atom. The van der Waals surface area contributed by atoms with Gasteiger partial charge in [-0.15, -0.1) is 0 Å². The van der Waals surface area contributed by atoms with E-state index in [0.29, 0.717) is 19.1 Å². The number of amides is 1. The molecule has 2 heterocycles. The molecule has 0 saturated heterocycles. The normalized spacial score (nSPS) is 19.0. The van der Waals surface area contributed by atoms with Gasteiger partial charge in [-0.2, -0.15) is 5.10 Å². The molecular formula is C23H31N3O4. The molecule has 162 valence electrons. The van der Waals surface area contributed by atoms with Crippen molar-refractivity contribution in [2.45, 2.75) is 58.0 Å². The number of rotatable bonds is 6. The van der Waals surface area contributed by atoms with Gasteiger partial charge in [0.1, 0.15) is 5.75 Å². The Kier molecular flexibility index (Phi) is 6.27. The number of carbonyl (C=O) groups excluding carboxylic acids is 1. The standard InChI is InChI=1S/C23H31N3O4/c1-16-7-8-20-21(26(16)23(28)29-2)10-9-19(18-13-24-25(14-18)11-12-27)22(20)30-15-17-5-3-4-6-17/h9-10,13-14,16-17,27H,3-8,11-12,15H2,1-2H3/t16-/m0/s1. The van der Waals surface area contributed by atoms with Crippen molar-refractivity contribution in [1.29, 1.82) is 0 Å². The van der Waals surface area contributed by atoms with Crippen LogP contribution in [0.3, 0.4) is 0 Å². The lowest BCUT2D eigenvalue weighted by Gasteiger charge is -2.35. The first-order valence-corrected chi connectivity index (χ1v) is 10.9. The third kappa shape index (κ3) is 4.03. The Bertz CT molecular complexity index is 889. The highest BCUT2D eigenvalue weighted by molar-refractivity contribution is 5.92. The van der Waals surface area contributed by atoms with E-state index in [9.17, 15) is 9.90 Å². The predicted octanol–water partition coefficient (Wildman–Crippen LogP) is 4.02. The molecule has 1 aromatic heterocycles. The maximum atomic E-state index is 12.5. The van der Waals surface area contributed by atoms with Crippen LogP contribution in [0.25, 0.3) is 11.1 Å². The van der Waals surface area contributed by atoms with Gasteiger partial charge in [0.25, 0.3) is 0 Å². The minimum Gasteiger partial charge on any atom is -0.492 e. The number of ether oxygens (including phenoxy) is 2. The maximum absolute atomic E-state index is 12.5. The number of anilines is 1. The summed E-state index contributed by atoms with van der Waals surface area (Å²) in [5.41, 5.74) is 3.86. The van der Waals surface area contributed by atoms with Crippen LogP contribution in [0, 0.1) is 5.92 Å². The van der Waals surface area contributed by atoms with Gasteiger partial charge in [-0.05, 0) is 50.7 Å². The Labute approximate surface area is 177 Å². The summed E-state index contributed by atoms with van der Waals surface area (Å²) in [6.07, 6.45) is 10.1. The lowest BCUT2D eigenvalue weighted by molar-refractivity contribution is 0.175. The van der Waals surface area contributed by atoms with Crippen LogP contribution in [0.1, 0.15) is 44.6 Å². The van der Waals surface area contributed by atoms with Crippen molar-refractivity contribution in [3.63, 3.8) is 0 Å². The van der Waals surface area contributed by atoms with E-state index in [0.717, 1.165) is 41.0 Å². The molecule has 0 bridgehead atoms. The smallest absolute Gasteiger partial charge is 0.414 e. The van der Waals surface area contributed by atoms with E-state index in [-0.39, 0.29) is 18.7 Å². The minimum absolute atomic E-state index is 0.0440. The Morgan fingerprint density at radius 3 is 2.80 bits per heavy atom. The molecule has 1 aliphatic heterocycles. The summed E-state index contributed by atoms with van der Waals surface area (Å²) in [7, 11) is 1.42. The fourth-order valence-corrected chi connectivity index (χ4v) is 4.68. The second kappa shape index (κ2) is 9.08. The highest BCUT2D eigenvalue weighted by Gasteiger charge is 2.32. The van der Waals surface area contributed by atoms with E-state index in [2.05, 4.69) is 5.10 Å². The number of hydrogen-bond donors (Lipinski definition) is 1. The predicted molar refractivity (Wildman–Crippen MR) is 115 cm³/mol. The molecule has 0 spiro atoms. The van der Waals surface area contributed by atoms with Crippen molar-refractivity contribution in [2.24, 2.45) is 5.92 Å². The molecule has 0 unspecified atom stereocenters. The van der Waals surface area contributed by atoms with Gasteiger partial charge >= 0.3 is 6.09 Å². The third-order valence-electron chi connectivity index (χ3n) is 6.33. The van der Waals surface area contributed by atoms with Crippen LogP contribution < -0.4 is 9.64 Å². The SMILES string of the molecule is COC(=O)N1c2ccc(-c3cnn(CCO)c3)c(OCC3CCCC3)c2CC[C@@H]1C. The average Bonchev–Trinajstić information content (AvgIpc) is 3.43. The number of carbonyl (C=O) groups is 1. The molecule has 7 nitrogen and oxygen atoms in total. The second-order valence-electron chi connectivity index (χ2n) is 8.34. The molecule has 1 fully saturated rings. The lowest BCUT2D eigenvalue weighted by atomic mass is 9.92. The second-order valence-corrected chi connectivity index (χ2v) is 8.34. The van der Waals surface area contributed by atoms with E-state index in [1.54, 1.807) is 9.58 Å². The van der Waals surface area contributed by atoms with Gasteiger partial charge in [0.2, 0.25) is 0 Å². The van der Waals surface area contributed by atoms with E-state index < -0.39 is 0 Å². The topological polar surface area (TPSA) is 76.8 Å². The van der Waals surface area contributed by atoms with Gasteiger partial charge in [-0.25, -0.2) is 4.79 Å². The van der Waals surface area contributed by atoms with Crippen molar-refractivity contribution >= 4 is 11.8 Å². The minimum atomic E-state index is -0.339. The van der Waals surface area contributed by atoms with Crippen molar-refractivity contribution in [3.8, 4) is 16.9 Å². The first kappa shape index (κ1) is 20.7. The first-order chi connectivity index (χ1) is 14.6. The van der Waals surface area contributed by atoms with Crippen molar-refractivity contribution in [3.05, 3.63) is 30.1 Å². The highest BCUT2D eigenvalue weighted by Crippen LogP contribution is 2.43. The van der Waals surface area contributed by atoms with Gasteiger partial charge in [0.15, 0.2) is 0 Å². The number of fused-ring (bicyclic) bond motifs is 1. The Morgan fingerprint density at radius 2 is 2.07 bits per heavy atom. The molecule has 2 aromatic rings. The van der Waals surface area contributed by atoms with Crippen molar-refractivity contribution < 1.29 is 19.4 Å². The molecule has 2 aliphatic rings. The molecule has 1 atom stereocenters. The largest absolute Gasteiger partial charge is 0.492 e. The molecule has 7 heteroatoms. The van der Waals surface area contributed by atoms with E-state index in [1.807, 2.05) is 31.5 Å². The molecule has 1 saturated carbocycles. The van der Waals surface area contributed by atoms with Gasteiger partial charge in [0, 0.05) is 28.9 Å². The zero-order valence-electron chi connectivity index (χ0n) is 17.8. The van der Waals surface area contributed by atoms with Gasteiger partial charge in [0.05, 0.1) is 38.8 Å². The first-order valence-electron chi connectivity index (χ1n) is 10.9. The summed E-state index contributed by atoms with van der Waals surface area (Å²) < 4.78 is 13.3. The Hall–Kier alpha value is -2.54. The molecular weight excluding hydrogens is 382 g/mol. The Balaban J connectivity index is 1.74. The summed E-state index contributed by atoms with van der Waals surface area (Å²) in [5, 5.41) is 13.6. The number of aromatic nitrogens is 2. The maximum Gasteiger partial charge on any atom is 0.414 e. The number of methoxy groups -OCH3 is 1. The molecule has 1 aliphatic carbocycles. The lowest BCUT2D eigenvalue weighted by Crippen LogP contribution is -2.42. The number of hydrogen-bond acceptors (Lipinski definition) is 5. The molecule has 30 heavy (non-hydrogen) atoms. The van der Waals surface area contributed by atoms with E-state index >= 15 is 0 Å². The van der Waals surface area contributed by atoms with Gasteiger partial charge in [-0.3, -0.25) is 9.58 Å². The zero-order chi connectivity index (χ0) is 21.1. The molecule has 4 rings (SSSR count). The third-order valence-corrected chi connectivity index (χ3v) is 6.33. The average molecular weight is 414 g/mol. The fraction of sp³-hybridized carbons (Fsp3) is 0.565. The van der Waals surface area contributed by atoms with E-state index in [4.69, 9.17) is 9.47 Å². The highest BCUT2D eigenvalue weighted by atomic mass is 16.5. The summed E-state index contributed by atoms with van der Waals surface area (Å²) in [6.45, 7) is 3.24. The number of benzene rings is 1. The summed E-state index contributed by atoms with van der Waals surface area (Å²) in [6, 6.07) is 4.07. The molecule has 0 radical (unpaired) electrons. The summed E-state index contributed by atoms with van der Waals surface area (Å²) in [4.78, 5) is 14.2. The number of aliphatic hydroxyl groups is 1. The van der Waals surface area contributed by atoms with Crippen molar-refractivity contribution in [2.75, 3.05) is 25.2 Å². The zero-order valence-corrected chi connectivity index (χ0v) is 17.8. The number of aliphatic hydroxyl groups excluding tert-OH is 1. The van der Waals surface area contributed by atoms with Crippen LogP contribution in [0.4, 0.5) is 10.5 Å². The van der Waals surface area contributed by atoms with Crippen LogP contribution in [0.5, 0.6) is 5.75 Å². The van der Waals surface area contributed by atoms with E-state index in [1.165, 1.54) is 32.8 Å². The van der Waals surface area contributed by atoms with Gasteiger partial charge < -0.3 is 14.6 Å². The van der Waals surface area contributed by atoms with Crippen LogP contribution in [-0.4, -0.2) is 47.3 Å². The van der Waals surface area contributed by atoms with Crippen LogP contribution in [0.2, 0.25) is 0 Å². The quantitative estimate of drug-likeness (QED) is 0.774. The van der Waals surface area contributed by atoms with Crippen LogP contribution in [0.15, 0.2) is 24.5 Å². The fourth-order valence-electron chi connectivity index (χ4n) is 4.68. The summed E-state index contributed by atoms with van der Waals surface area (Å²) >= 11 is 0. The van der Waals surface area contributed by atoms with Crippen molar-refractivity contribution in [1.82, 2.24) is 9.78 Å². The van der Waals surface area contributed by atoms with Gasteiger partial charge in [-0.1, -0.05) is 12.8 Å². The summed E-state index contributed by atoms with van der Waals surface area (Å²) in [5.74, 6) is 1.44. The van der Waals surface area contributed by atoms with Crippen LogP contribution in [-0.2, 0) is 17.7 Å². The number of nitrogens with zero attached hydrogens (tertiary/aromatic N) is 3. The molecule has 1 N–H and O–H groups in total. The monoisotopic (exact) mass is 413 g/mol. The molecule has 1 amide bonds.